The van der Waals surface area contributed by atoms with Gasteiger partial charge in [-0.15, -0.1) is 0 Å². The van der Waals surface area contributed by atoms with E-state index in [4.69, 9.17) is 16.0 Å². The van der Waals surface area contributed by atoms with Crippen LogP contribution in [0.25, 0.3) is 0 Å². The zero-order chi connectivity index (χ0) is 21.6. The van der Waals surface area contributed by atoms with Gasteiger partial charge in [-0.25, -0.2) is 13.1 Å². The lowest BCUT2D eigenvalue weighted by atomic mass is 10.0. The summed E-state index contributed by atoms with van der Waals surface area (Å²) in [5.74, 6) is -1.22. The first kappa shape index (κ1) is 21.6. The predicted molar refractivity (Wildman–Crippen MR) is 110 cm³/mol. The molecule has 3 N–H and O–H groups in total. The van der Waals surface area contributed by atoms with E-state index in [1.807, 2.05) is 0 Å². The van der Waals surface area contributed by atoms with E-state index < -0.39 is 27.9 Å². The molecule has 2 amide bonds. The lowest BCUT2D eigenvalue weighted by Crippen LogP contribution is -2.43. The molecule has 30 heavy (non-hydrogen) atoms. The number of hydrogen-bond acceptors (Lipinski definition) is 5. The van der Waals surface area contributed by atoms with Crippen molar-refractivity contribution in [2.75, 3.05) is 0 Å². The molecule has 0 fully saturated rings. The maximum Gasteiger partial charge on any atom is 0.305 e. The van der Waals surface area contributed by atoms with Crippen LogP contribution in [0.4, 0.5) is 0 Å². The maximum absolute atomic E-state index is 12.7. The van der Waals surface area contributed by atoms with E-state index in [2.05, 4.69) is 15.6 Å². The number of rotatable bonds is 7. The molecule has 0 radical (unpaired) electrons. The largest absolute Gasteiger partial charge is 0.459 e. The predicted octanol–water partition coefficient (Wildman–Crippen LogP) is 2.80. The summed E-state index contributed by atoms with van der Waals surface area (Å²) >= 11 is 5.91. The van der Waals surface area contributed by atoms with Crippen molar-refractivity contribution in [1.29, 1.82) is 0 Å². The van der Waals surface area contributed by atoms with Gasteiger partial charge in [0, 0.05) is 11.4 Å². The molecule has 8 nitrogen and oxygen atoms in total. The van der Waals surface area contributed by atoms with E-state index in [1.54, 1.807) is 42.5 Å². The van der Waals surface area contributed by atoms with E-state index in [9.17, 15) is 18.0 Å². The third kappa shape index (κ3) is 5.69. The Hall–Kier alpha value is -3.14. The Bertz CT molecular complexity index is 1100. The second kappa shape index (κ2) is 9.57. The zero-order valence-corrected chi connectivity index (χ0v) is 17.1. The average molecular weight is 448 g/mol. The second-order valence-electron chi connectivity index (χ2n) is 6.22. The van der Waals surface area contributed by atoms with E-state index in [0.29, 0.717) is 10.6 Å². The summed E-state index contributed by atoms with van der Waals surface area (Å²) in [6, 6.07) is 16.3. The first-order valence-electron chi connectivity index (χ1n) is 8.81. The quantitative estimate of drug-likeness (QED) is 0.481. The van der Waals surface area contributed by atoms with Crippen molar-refractivity contribution < 1.29 is 22.4 Å². The standard InChI is InChI=1S/C20H18ClN3O5S/c21-15-10-8-14(9-11-15)17(24-30(27,28)16-5-2-1-3-6-16)13-19(25)22-23-20(26)18-7-4-12-29-18/h1-12,17,24H,13H2,(H,22,25)(H,23,26)/t17-/m0/s1. The monoisotopic (exact) mass is 447 g/mol. The number of hydrogen-bond donors (Lipinski definition) is 3. The second-order valence-corrected chi connectivity index (χ2v) is 8.37. The number of furan rings is 1. The highest BCUT2D eigenvalue weighted by atomic mass is 35.5. The summed E-state index contributed by atoms with van der Waals surface area (Å²) in [4.78, 5) is 24.3. The highest BCUT2D eigenvalue weighted by molar-refractivity contribution is 7.89. The van der Waals surface area contributed by atoms with E-state index in [-0.39, 0.29) is 17.1 Å². The van der Waals surface area contributed by atoms with Gasteiger partial charge in [-0.1, -0.05) is 41.9 Å². The van der Waals surface area contributed by atoms with Crippen molar-refractivity contribution in [2.45, 2.75) is 17.4 Å². The molecule has 0 unspecified atom stereocenters. The van der Waals surface area contributed by atoms with Crippen LogP contribution in [0.5, 0.6) is 0 Å². The number of nitrogens with one attached hydrogen (secondary N) is 3. The van der Waals surface area contributed by atoms with Crippen molar-refractivity contribution in [2.24, 2.45) is 0 Å². The maximum atomic E-state index is 12.7. The van der Waals surface area contributed by atoms with Gasteiger partial charge in [0.25, 0.3) is 0 Å². The van der Waals surface area contributed by atoms with Gasteiger partial charge in [0.1, 0.15) is 0 Å². The third-order valence-electron chi connectivity index (χ3n) is 4.07. The molecule has 0 bridgehead atoms. The minimum Gasteiger partial charge on any atom is -0.459 e. The van der Waals surface area contributed by atoms with Crippen LogP contribution in [0.2, 0.25) is 5.02 Å². The lowest BCUT2D eigenvalue weighted by molar-refractivity contribution is -0.122. The van der Waals surface area contributed by atoms with Crippen molar-refractivity contribution in [3.63, 3.8) is 0 Å². The molecular weight excluding hydrogens is 430 g/mol. The van der Waals surface area contributed by atoms with Gasteiger partial charge in [-0.3, -0.25) is 20.4 Å². The van der Waals surface area contributed by atoms with Gasteiger partial charge in [-0.05, 0) is 42.0 Å². The number of benzene rings is 2. The Labute approximate surface area is 178 Å². The minimum atomic E-state index is -3.90. The van der Waals surface area contributed by atoms with Gasteiger partial charge < -0.3 is 4.42 Å². The molecule has 0 aliphatic rings. The van der Waals surface area contributed by atoms with Crippen molar-refractivity contribution in [3.8, 4) is 0 Å². The number of sulfonamides is 1. The lowest BCUT2D eigenvalue weighted by Gasteiger charge is -2.19. The summed E-state index contributed by atoms with van der Waals surface area (Å²) in [6.07, 6.45) is 1.05. The fourth-order valence-electron chi connectivity index (χ4n) is 2.61. The van der Waals surface area contributed by atoms with Crippen LogP contribution in [0.3, 0.4) is 0 Å². The Morgan fingerprint density at radius 1 is 0.933 bits per heavy atom. The summed E-state index contributed by atoms with van der Waals surface area (Å²) in [5.41, 5.74) is 5.00. The molecule has 3 rings (SSSR count). The molecule has 1 atom stereocenters. The van der Waals surface area contributed by atoms with Gasteiger partial charge in [0.15, 0.2) is 5.76 Å². The summed E-state index contributed by atoms with van der Waals surface area (Å²) in [6.45, 7) is 0. The average Bonchev–Trinajstić information content (AvgIpc) is 3.28. The van der Waals surface area contributed by atoms with Crippen LogP contribution >= 0.6 is 11.6 Å². The molecule has 10 heteroatoms. The van der Waals surface area contributed by atoms with Gasteiger partial charge in [0.2, 0.25) is 15.9 Å². The topological polar surface area (TPSA) is 118 Å². The fourth-order valence-corrected chi connectivity index (χ4v) is 3.98. The molecule has 1 aromatic heterocycles. The Morgan fingerprint density at radius 3 is 2.27 bits per heavy atom. The zero-order valence-electron chi connectivity index (χ0n) is 15.5. The molecule has 0 aliphatic carbocycles. The molecule has 0 saturated heterocycles. The Morgan fingerprint density at radius 2 is 1.63 bits per heavy atom. The normalized spacial score (nSPS) is 12.2. The Kier molecular flexibility index (Phi) is 6.88. The van der Waals surface area contributed by atoms with Crippen molar-refractivity contribution in [3.05, 3.63) is 89.3 Å². The number of carbonyl (C=O) groups is 2. The van der Waals surface area contributed by atoms with Crippen LogP contribution in [0.1, 0.15) is 28.6 Å². The van der Waals surface area contributed by atoms with Gasteiger partial charge >= 0.3 is 5.91 Å². The SMILES string of the molecule is O=C(C[C@H](NS(=O)(=O)c1ccccc1)c1ccc(Cl)cc1)NNC(=O)c1ccco1. The summed E-state index contributed by atoms with van der Waals surface area (Å²) < 4.78 is 32.9. The number of amides is 2. The van der Waals surface area contributed by atoms with Crippen LogP contribution in [0.15, 0.2) is 82.3 Å². The van der Waals surface area contributed by atoms with Gasteiger partial charge in [-0.2, -0.15) is 0 Å². The number of halogens is 1. The van der Waals surface area contributed by atoms with Gasteiger partial charge in [0.05, 0.1) is 17.2 Å². The van der Waals surface area contributed by atoms with Crippen molar-refractivity contribution in [1.82, 2.24) is 15.6 Å². The molecule has 0 spiro atoms. The third-order valence-corrected chi connectivity index (χ3v) is 5.81. The van der Waals surface area contributed by atoms with Crippen molar-refractivity contribution >= 4 is 33.4 Å². The van der Waals surface area contributed by atoms with Crippen LogP contribution < -0.4 is 15.6 Å². The molecule has 1 heterocycles. The number of hydrazine groups is 1. The van der Waals surface area contributed by atoms with Crippen LogP contribution in [-0.2, 0) is 14.8 Å². The molecule has 2 aromatic carbocycles. The van der Waals surface area contributed by atoms with Crippen LogP contribution in [-0.4, -0.2) is 20.2 Å². The van der Waals surface area contributed by atoms with E-state index >= 15 is 0 Å². The molecular formula is C20H18ClN3O5S. The molecule has 0 aliphatic heterocycles. The highest BCUT2D eigenvalue weighted by Crippen LogP contribution is 2.22. The van der Waals surface area contributed by atoms with E-state index in [1.165, 1.54) is 30.5 Å². The molecule has 156 valence electrons. The Balaban J connectivity index is 1.73. The van der Waals surface area contributed by atoms with Crippen LogP contribution in [0, 0.1) is 0 Å². The minimum absolute atomic E-state index is 0.0225. The van der Waals surface area contributed by atoms with E-state index in [0.717, 1.165) is 0 Å². The molecule has 3 aromatic rings. The number of carbonyl (C=O) groups excluding carboxylic acids is 2. The fraction of sp³-hybridized carbons (Fsp3) is 0.100. The molecule has 0 saturated carbocycles. The smallest absolute Gasteiger partial charge is 0.305 e. The first-order chi connectivity index (χ1) is 14.3. The summed E-state index contributed by atoms with van der Waals surface area (Å²) in [7, 11) is -3.90. The summed E-state index contributed by atoms with van der Waals surface area (Å²) in [5, 5.41) is 0.471. The highest BCUT2D eigenvalue weighted by Gasteiger charge is 2.24. The first-order valence-corrected chi connectivity index (χ1v) is 10.7.